The van der Waals surface area contributed by atoms with Gasteiger partial charge in [0.25, 0.3) is 0 Å². The first kappa shape index (κ1) is 19.9. The van der Waals surface area contributed by atoms with Crippen molar-refractivity contribution in [3.8, 4) is 11.5 Å². The van der Waals surface area contributed by atoms with Crippen LogP contribution in [-0.4, -0.2) is 41.3 Å². The van der Waals surface area contributed by atoms with Gasteiger partial charge in [0.05, 0.1) is 19.9 Å². The third-order valence-corrected chi connectivity index (χ3v) is 3.73. The Hall–Kier alpha value is -3.88. The third kappa shape index (κ3) is 6.35. The van der Waals surface area contributed by atoms with Crippen molar-refractivity contribution < 1.29 is 14.3 Å². The van der Waals surface area contributed by atoms with Crippen molar-refractivity contribution in [2.45, 2.75) is 6.92 Å². The van der Waals surface area contributed by atoms with Crippen LogP contribution >= 0.6 is 0 Å². The van der Waals surface area contributed by atoms with Crippen LogP contribution in [0.3, 0.4) is 0 Å². The standard InChI is InChI=1S/C20H22N6O3/c1-14(27)23-15-4-3-5-16(12-15)24-19-13-22-26-20(25-19)21-10-11-29-18-8-6-17(28-2)7-9-18/h3-9,12-13H,10-11H2,1-2H3,(H,23,27)(H2,21,24,25,26). The predicted octanol–water partition coefficient (Wildman–Crippen LogP) is 3.07. The minimum atomic E-state index is -0.130. The quantitative estimate of drug-likeness (QED) is 0.475. The Morgan fingerprint density at radius 2 is 1.83 bits per heavy atom. The SMILES string of the molecule is COc1ccc(OCCNc2nncc(Nc3cccc(NC(C)=O)c3)n2)cc1. The highest BCUT2D eigenvalue weighted by atomic mass is 16.5. The number of anilines is 4. The molecule has 3 N–H and O–H groups in total. The van der Waals surface area contributed by atoms with Crippen molar-refractivity contribution in [3.05, 3.63) is 54.7 Å². The molecule has 1 heterocycles. The molecule has 1 aromatic heterocycles. The van der Waals surface area contributed by atoms with E-state index in [1.165, 1.54) is 13.1 Å². The van der Waals surface area contributed by atoms with Crippen LogP contribution in [0.1, 0.15) is 6.92 Å². The van der Waals surface area contributed by atoms with Crippen LogP contribution in [0.5, 0.6) is 11.5 Å². The zero-order valence-corrected chi connectivity index (χ0v) is 16.2. The summed E-state index contributed by atoms with van der Waals surface area (Å²) >= 11 is 0. The summed E-state index contributed by atoms with van der Waals surface area (Å²) in [7, 11) is 1.62. The van der Waals surface area contributed by atoms with Crippen molar-refractivity contribution in [2.75, 3.05) is 36.2 Å². The molecule has 0 aliphatic heterocycles. The fraction of sp³-hybridized carbons (Fsp3) is 0.200. The second-order valence-corrected chi connectivity index (χ2v) is 6.00. The highest BCUT2D eigenvalue weighted by molar-refractivity contribution is 5.89. The third-order valence-electron chi connectivity index (χ3n) is 3.73. The van der Waals surface area contributed by atoms with E-state index in [4.69, 9.17) is 9.47 Å². The number of aromatic nitrogens is 3. The molecule has 150 valence electrons. The maximum Gasteiger partial charge on any atom is 0.244 e. The van der Waals surface area contributed by atoms with Crippen LogP contribution in [0, 0.1) is 0 Å². The Morgan fingerprint density at radius 1 is 1.07 bits per heavy atom. The van der Waals surface area contributed by atoms with Gasteiger partial charge < -0.3 is 25.4 Å². The molecule has 0 spiro atoms. The lowest BCUT2D eigenvalue weighted by atomic mass is 10.2. The first-order valence-electron chi connectivity index (χ1n) is 8.97. The van der Waals surface area contributed by atoms with Gasteiger partial charge in [0.15, 0.2) is 5.82 Å². The zero-order valence-electron chi connectivity index (χ0n) is 16.2. The average Bonchev–Trinajstić information content (AvgIpc) is 2.72. The number of hydrogen-bond donors (Lipinski definition) is 3. The molecule has 3 rings (SSSR count). The minimum Gasteiger partial charge on any atom is -0.497 e. The van der Waals surface area contributed by atoms with Gasteiger partial charge >= 0.3 is 0 Å². The Balaban J connectivity index is 1.50. The summed E-state index contributed by atoms with van der Waals surface area (Å²) in [5.74, 6) is 2.31. The predicted molar refractivity (Wildman–Crippen MR) is 111 cm³/mol. The van der Waals surface area contributed by atoms with E-state index in [1.54, 1.807) is 19.2 Å². The molecule has 1 amide bonds. The number of amides is 1. The van der Waals surface area contributed by atoms with Crippen LogP contribution < -0.4 is 25.4 Å². The van der Waals surface area contributed by atoms with E-state index in [2.05, 4.69) is 31.1 Å². The molecule has 0 aliphatic carbocycles. The van der Waals surface area contributed by atoms with Gasteiger partial charge in [0.1, 0.15) is 18.1 Å². The zero-order chi connectivity index (χ0) is 20.5. The minimum absolute atomic E-state index is 0.130. The second kappa shape index (κ2) is 9.88. The van der Waals surface area contributed by atoms with E-state index in [0.717, 1.165) is 17.2 Å². The molecule has 0 saturated heterocycles. The molecule has 29 heavy (non-hydrogen) atoms. The van der Waals surface area contributed by atoms with Crippen molar-refractivity contribution in [3.63, 3.8) is 0 Å². The molecule has 3 aromatic rings. The number of methoxy groups -OCH3 is 1. The summed E-state index contributed by atoms with van der Waals surface area (Å²) in [4.78, 5) is 15.6. The Morgan fingerprint density at radius 3 is 2.59 bits per heavy atom. The van der Waals surface area contributed by atoms with Crippen LogP contribution in [0.15, 0.2) is 54.7 Å². The number of ether oxygens (including phenoxy) is 2. The summed E-state index contributed by atoms with van der Waals surface area (Å²) < 4.78 is 10.8. The normalized spacial score (nSPS) is 10.1. The molecule has 0 bridgehead atoms. The fourth-order valence-corrected chi connectivity index (χ4v) is 2.47. The number of rotatable bonds is 9. The molecule has 0 saturated carbocycles. The first-order valence-corrected chi connectivity index (χ1v) is 8.97. The van der Waals surface area contributed by atoms with E-state index < -0.39 is 0 Å². The fourth-order valence-electron chi connectivity index (χ4n) is 2.47. The second-order valence-electron chi connectivity index (χ2n) is 6.00. The summed E-state index contributed by atoms with van der Waals surface area (Å²) in [6.07, 6.45) is 1.52. The Kier molecular flexibility index (Phi) is 6.77. The van der Waals surface area contributed by atoms with E-state index in [1.807, 2.05) is 36.4 Å². The number of carbonyl (C=O) groups excluding carboxylic acids is 1. The molecule has 0 unspecified atom stereocenters. The van der Waals surface area contributed by atoms with Gasteiger partial charge in [-0.25, -0.2) is 0 Å². The Labute approximate surface area is 168 Å². The van der Waals surface area contributed by atoms with E-state index >= 15 is 0 Å². The van der Waals surface area contributed by atoms with Gasteiger partial charge in [-0.1, -0.05) is 6.07 Å². The van der Waals surface area contributed by atoms with Gasteiger partial charge in [0, 0.05) is 18.3 Å². The summed E-state index contributed by atoms with van der Waals surface area (Å²) in [5, 5.41) is 16.9. The topological polar surface area (TPSA) is 110 Å². The molecule has 9 heteroatoms. The number of nitrogens with zero attached hydrogens (tertiary/aromatic N) is 3. The largest absolute Gasteiger partial charge is 0.497 e. The van der Waals surface area contributed by atoms with Gasteiger partial charge in [-0.15, -0.1) is 5.10 Å². The van der Waals surface area contributed by atoms with Gasteiger partial charge in [-0.05, 0) is 42.5 Å². The van der Waals surface area contributed by atoms with Gasteiger partial charge in [-0.2, -0.15) is 10.1 Å². The van der Waals surface area contributed by atoms with Crippen LogP contribution in [-0.2, 0) is 4.79 Å². The number of carbonyl (C=O) groups is 1. The molecule has 0 radical (unpaired) electrons. The molecule has 0 aliphatic rings. The average molecular weight is 394 g/mol. The van der Waals surface area contributed by atoms with Crippen molar-refractivity contribution >= 4 is 29.0 Å². The lowest BCUT2D eigenvalue weighted by Gasteiger charge is -2.10. The lowest BCUT2D eigenvalue weighted by Crippen LogP contribution is -2.14. The smallest absolute Gasteiger partial charge is 0.244 e. The molecule has 2 aromatic carbocycles. The number of benzene rings is 2. The van der Waals surface area contributed by atoms with Crippen LogP contribution in [0.4, 0.5) is 23.1 Å². The highest BCUT2D eigenvalue weighted by Crippen LogP contribution is 2.19. The van der Waals surface area contributed by atoms with Gasteiger partial charge in [-0.3, -0.25) is 4.79 Å². The molecule has 9 nitrogen and oxygen atoms in total. The van der Waals surface area contributed by atoms with E-state index in [0.29, 0.717) is 30.6 Å². The number of nitrogens with one attached hydrogen (secondary N) is 3. The maximum atomic E-state index is 11.2. The molecule has 0 atom stereocenters. The summed E-state index contributed by atoms with van der Waals surface area (Å²) in [5.41, 5.74) is 1.46. The monoisotopic (exact) mass is 394 g/mol. The maximum absolute atomic E-state index is 11.2. The van der Waals surface area contributed by atoms with Gasteiger partial charge in [0.2, 0.25) is 11.9 Å². The molecular formula is C20H22N6O3. The van der Waals surface area contributed by atoms with Crippen LogP contribution in [0.25, 0.3) is 0 Å². The lowest BCUT2D eigenvalue weighted by molar-refractivity contribution is -0.114. The first-order chi connectivity index (χ1) is 14.1. The highest BCUT2D eigenvalue weighted by Gasteiger charge is 2.03. The van der Waals surface area contributed by atoms with Crippen LogP contribution in [0.2, 0.25) is 0 Å². The summed E-state index contributed by atoms with van der Waals surface area (Å²) in [6.45, 7) is 2.41. The van der Waals surface area contributed by atoms with Crippen molar-refractivity contribution in [1.29, 1.82) is 0 Å². The molecular weight excluding hydrogens is 372 g/mol. The van der Waals surface area contributed by atoms with E-state index in [9.17, 15) is 4.79 Å². The van der Waals surface area contributed by atoms with Crippen molar-refractivity contribution in [2.24, 2.45) is 0 Å². The molecule has 0 fully saturated rings. The Bertz CT molecular complexity index is 949. The van der Waals surface area contributed by atoms with E-state index in [-0.39, 0.29) is 5.91 Å². The van der Waals surface area contributed by atoms with Crippen molar-refractivity contribution in [1.82, 2.24) is 15.2 Å². The number of hydrogen-bond acceptors (Lipinski definition) is 8. The summed E-state index contributed by atoms with van der Waals surface area (Å²) in [6, 6.07) is 14.7.